The number of hydrogen-bond acceptors (Lipinski definition) is 3. The molecule has 6 heteroatoms. The molecule has 2 fully saturated rings. The van der Waals surface area contributed by atoms with Gasteiger partial charge in [-0.05, 0) is 54.7 Å². The highest BCUT2D eigenvalue weighted by atomic mass is 32.2. The average molecular weight is 379 g/mol. The van der Waals surface area contributed by atoms with Gasteiger partial charge in [0.1, 0.15) is 0 Å². The molecule has 5 nitrogen and oxygen atoms in total. The van der Waals surface area contributed by atoms with Crippen molar-refractivity contribution in [1.82, 2.24) is 9.62 Å². The number of sulfonamides is 1. The van der Waals surface area contributed by atoms with E-state index in [9.17, 15) is 13.2 Å². The third kappa shape index (κ3) is 4.12. The smallest absolute Gasteiger partial charge is 0.243 e. The summed E-state index contributed by atoms with van der Waals surface area (Å²) in [6, 6.07) is 6.83. The molecule has 0 aromatic heterocycles. The second-order valence-corrected chi connectivity index (χ2v) is 9.59. The van der Waals surface area contributed by atoms with Crippen molar-refractivity contribution >= 4 is 15.9 Å². The van der Waals surface area contributed by atoms with Crippen LogP contribution in [0.1, 0.15) is 51.5 Å². The molecular weight excluding hydrogens is 348 g/mol. The van der Waals surface area contributed by atoms with E-state index in [-0.39, 0.29) is 5.91 Å². The van der Waals surface area contributed by atoms with E-state index < -0.39 is 10.0 Å². The van der Waals surface area contributed by atoms with Gasteiger partial charge in [0.2, 0.25) is 15.9 Å². The molecule has 1 aromatic rings. The molecule has 2 bridgehead atoms. The fourth-order valence-corrected chi connectivity index (χ4v) is 6.09. The largest absolute Gasteiger partial charge is 0.352 e. The molecule has 0 aliphatic heterocycles. The maximum Gasteiger partial charge on any atom is 0.243 e. The molecular formula is C20H30N2O3S. The van der Waals surface area contributed by atoms with Crippen molar-refractivity contribution in [2.24, 2.45) is 17.8 Å². The highest BCUT2D eigenvalue weighted by molar-refractivity contribution is 7.89. The zero-order valence-corrected chi connectivity index (χ0v) is 16.6. The van der Waals surface area contributed by atoms with Gasteiger partial charge in [-0.3, -0.25) is 4.79 Å². The molecule has 3 unspecified atom stereocenters. The number of benzene rings is 1. The molecule has 0 saturated heterocycles. The van der Waals surface area contributed by atoms with Gasteiger partial charge in [0.05, 0.1) is 4.90 Å². The number of nitrogens with zero attached hydrogens (tertiary/aromatic N) is 1. The van der Waals surface area contributed by atoms with E-state index in [1.807, 2.05) is 13.8 Å². The Labute approximate surface area is 157 Å². The molecule has 1 amide bonds. The standard InChI is InChI=1S/C20H30N2O3S/c1-3-22(4-2)26(24,25)19-9-6-15(7-10-19)14-21-20(23)13-18-12-16-5-8-17(18)11-16/h6-7,9-10,16-18H,3-5,8,11-14H2,1-2H3,(H,21,23). The zero-order chi connectivity index (χ0) is 18.7. The van der Waals surface area contributed by atoms with Crippen LogP contribution in [0.5, 0.6) is 0 Å². The van der Waals surface area contributed by atoms with Crippen LogP contribution in [0.15, 0.2) is 29.2 Å². The summed E-state index contributed by atoms with van der Waals surface area (Å²) in [6.07, 6.45) is 5.82. The minimum absolute atomic E-state index is 0.113. The van der Waals surface area contributed by atoms with Gasteiger partial charge in [0.25, 0.3) is 0 Å². The maximum absolute atomic E-state index is 12.5. The minimum atomic E-state index is -3.42. The Balaban J connectivity index is 1.52. The Hall–Kier alpha value is -1.40. The van der Waals surface area contributed by atoms with Gasteiger partial charge in [0.15, 0.2) is 0 Å². The van der Waals surface area contributed by atoms with E-state index in [0.717, 1.165) is 17.4 Å². The van der Waals surface area contributed by atoms with Gasteiger partial charge in [0, 0.05) is 26.1 Å². The number of carbonyl (C=O) groups is 1. The number of rotatable bonds is 8. The van der Waals surface area contributed by atoms with Crippen molar-refractivity contribution < 1.29 is 13.2 Å². The molecule has 2 saturated carbocycles. The Kier molecular flexibility index (Phi) is 6.03. The number of amides is 1. The first-order valence-corrected chi connectivity index (χ1v) is 11.2. The lowest BCUT2D eigenvalue weighted by atomic mass is 9.86. The minimum Gasteiger partial charge on any atom is -0.352 e. The Morgan fingerprint density at radius 1 is 1.12 bits per heavy atom. The maximum atomic E-state index is 12.5. The highest BCUT2D eigenvalue weighted by Gasteiger charge is 2.40. The molecule has 3 rings (SSSR count). The summed E-state index contributed by atoms with van der Waals surface area (Å²) in [7, 11) is -3.42. The van der Waals surface area contributed by atoms with Crippen LogP contribution >= 0.6 is 0 Å². The van der Waals surface area contributed by atoms with Crippen LogP contribution in [0.3, 0.4) is 0 Å². The molecule has 2 aliphatic rings. The van der Waals surface area contributed by atoms with Gasteiger partial charge in [-0.25, -0.2) is 8.42 Å². The van der Waals surface area contributed by atoms with Gasteiger partial charge in [-0.2, -0.15) is 4.31 Å². The van der Waals surface area contributed by atoms with E-state index in [1.54, 1.807) is 24.3 Å². The summed E-state index contributed by atoms with van der Waals surface area (Å²) < 4.78 is 26.4. The average Bonchev–Trinajstić information content (AvgIpc) is 3.24. The number of carbonyl (C=O) groups excluding carboxylic acids is 1. The summed E-state index contributed by atoms with van der Waals surface area (Å²) in [5.41, 5.74) is 0.921. The summed E-state index contributed by atoms with van der Waals surface area (Å²) in [4.78, 5) is 12.5. The first-order chi connectivity index (χ1) is 12.4. The Morgan fingerprint density at radius 2 is 1.81 bits per heavy atom. The normalized spacial score (nSPS) is 25.0. The van der Waals surface area contributed by atoms with E-state index >= 15 is 0 Å². The SMILES string of the molecule is CCN(CC)S(=O)(=O)c1ccc(CNC(=O)CC2CC3CCC2C3)cc1. The summed E-state index contributed by atoms with van der Waals surface area (Å²) in [5, 5.41) is 2.99. The van der Waals surface area contributed by atoms with E-state index in [0.29, 0.717) is 36.9 Å². The van der Waals surface area contributed by atoms with Gasteiger partial charge in [-0.15, -0.1) is 0 Å². The van der Waals surface area contributed by atoms with Crippen molar-refractivity contribution in [3.05, 3.63) is 29.8 Å². The van der Waals surface area contributed by atoms with Crippen LogP contribution in [0.4, 0.5) is 0 Å². The van der Waals surface area contributed by atoms with Crippen LogP contribution in [-0.4, -0.2) is 31.7 Å². The fraction of sp³-hybridized carbons (Fsp3) is 0.650. The summed E-state index contributed by atoms with van der Waals surface area (Å²) in [6.45, 7) is 5.03. The van der Waals surface area contributed by atoms with Gasteiger partial charge < -0.3 is 5.32 Å². The number of fused-ring (bicyclic) bond motifs is 2. The van der Waals surface area contributed by atoms with Crippen LogP contribution in [0, 0.1) is 17.8 Å². The summed E-state index contributed by atoms with van der Waals surface area (Å²) in [5.74, 6) is 2.30. The van der Waals surface area contributed by atoms with Crippen molar-refractivity contribution in [1.29, 1.82) is 0 Å². The quantitative estimate of drug-likeness (QED) is 0.756. The molecule has 144 valence electrons. The molecule has 1 N–H and O–H groups in total. The predicted octanol–water partition coefficient (Wildman–Crippen LogP) is 3.16. The monoisotopic (exact) mass is 378 g/mol. The van der Waals surface area contributed by atoms with Crippen LogP contribution in [0.25, 0.3) is 0 Å². The number of hydrogen-bond donors (Lipinski definition) is 1. The lowest BCUT2D eigenvalue weighted by Crippen LogP contribution is -2.30. The Morgan fingerprint density at radius 3 is 2.35 bits per heavy atom. The molecule has 0 heterocycles. The second-order valence-electron chi connectivity index (χ2n) is 7.65. The van der Waals surface area contributed by atoms with E-state index in [4.69, 9.17) is 0 Å². The van der Waals surface area contributed by atoms with E-state index in [1.165, 1.54) is 30.0 Å². The molecule has 0 radical (unpaired) electrons. The predicted molar refractivity (Wildman–Crippen MR) is 102 cm³/mol. The topological polar surface area (TPSA) is 66.5 Å². The molecule has 0 spiro atoms. The lowest BCUT2D eigenvalue weighted by Gasteiger charge is -2.21. The third-order valence-electron chi connectivity index (χ3n) is 6.09. The van der Waals surface area contributed by atoms with Crippen LogP contribution in [0.2, 0.25) is 0 Å². The van der Waals surface area contributed by atoms with E-state index in [2.05, 4.69) is 5.32 Å². The van der Waals surface area contributed by atoms with Crippen molar-refractivity contribution in [2.45, 2.75) is 57.4 Å². The molecule has 26 heavy (non-hydrogen) atoms. The van der Waals surface area contributed by atoms with Gasteiger partial charge in [-0.1, -0.05) is 32.4 Å². The van der Waals surface area contributed by atoms with Crippen LogP contribution < -0.4 is 5.32 Å². The third-order valence-corrected chi connectivity index (χ3v) is 8.15. The number of nitrogens with one attached hydrogen (secondary N) is 1. The fourth-order valence-electron chi connectivity index (χ4n) is 4.63. The first-order valence-electron chi connectivity index (χ1n) is 9.79. The second kappa shape index (κ2) is 8.09. The van der Waals surface area contributed by atoms with Gasteiger partial charge >= 0.3 is 0 Å². The summed E-state index contributed by atoms with van der Waals surface area (Å²) >= 11 is 0. The zero-order valence-electron chi connectivity index (χ0n) is 15.8. The van der Waals surface area contributed by atoms with Crippen molar-refractivity contribution in [3.63, 3.8) is 0 Å². The van der Waals surface area contributed by atoms with Crippen LogP contribution in [-0.2, 0) is 21.4 Å². The lowest BCUT2D eigenvalue weighted by molar-refractivity contribution is -0.122. The Bertz CT molecular complexity index is 726. The molecule has 3 atom stereocenters. The van der Waals surface area contributed by atoms with Crippen molar-refractivity contribution in [2.75, 3.05) is 13.1 Å². The van der Waals surface area contributed by atoms with Crippen molar-refractivity contribution in [3.8, 4) is 0 Å². The molecule has 2 aliphatic carbocycles. The highest BCUT2D eigenvalue weighted by Crippen LogP contribution is 2.49. The first kappa shape index (κ1) is 19.4. The molecule has 1 aromatic carbocycles.